The van der Waals surface area contributed by atoms with Gasteiger partial charge in [0.15, 0.2) is 0 Å². The van der Waals surface area contributed by atoms with Crippen molar-refractivity contribution < 1.29 is 5.11 Å². The third-order valence-corrected chi connectivity index (χ3v) is 6.11. The third-order valence-electron chi connectivity index (χ3n) is 6.11. The summed E-state index contributed by atoms with van der Waals surface area (Å²) in [5.41, 5.74) is 1.99. The fourth-order valence-electron chi connectivity index (χ4n) is 4.82. The number of rotatable bonds is 3. The quantitative estimate of drug-likeness (QED) is 0.941. The van der Waals surface area contributed by atoms with Crippen molar-refractivity contribution in [2.24, 2.45) is 11.8 Å². The van der Waals surface area contributed by atoms with Crippen molar-refractivity contribution in [3.05, 3.63) is 42.1 Å². The molecule has 122 valence electrons. The monoisotopic (exact) mass is 310 g/mol. The summed E-state index contributed by atoms with van der Waals surface area (Å²) in [6.07, 6.45) is 6.20. The summed E-state index contributed by atoms with van der Waals surface area (Å²) in [5, 5.41) is 12.2. The predicted molar refractivity (Wildman–Crippen MR) is 93.1 cm³/mol. The number of hydrogen-bond acceptors (Lipinski definition) is 3. The molecule has 3 nitrogen and oxygen atoms in total. The van der Waals surface area contributed by atoms with Gasteiger partial charge < -0.3 is 5.11 Å². The molecule has 1 saturated carbocycles. The lowest BCUT2D eigenvalue weighted by molar-refractivity contribution is -0.0613. The number of pyridine rings is 1. The maximum atomic E-state index is 11.0. The number of para-hydroxylation sites is 1. The topological polar surface area (TPSA) is 36.4 Å². The number of likely N-dealkylation sites (tertiary alicyclic amines) is 1. The van der Waals surface area contributed by atoms with Crippen LogP contribution in [0.2, 0.25) is 0 Å². The molecule has 2 fully saturated rings. The van der Waals surface area contributed by atoms with Crippen LogP contribution in [0.5, 0.6) is 0 Å². The number of nitrogens with zero attached hydrogens (tertiary/aromatic N) is 2. The minimum absolute atomic E-state index is 0.436. The van der Waals surface area contributed by atoms with E-state index in [0.29, 0.717) is 11.8 Å². The van der Waals surface area contributed by atoms with Crippen LogP contribution in [-0.4, -0.2) is 33.7 Å². The second-order valence-electron chi connectivity index (χ2n) is 7.40. The minimum Gasteiger partial charge on any atom is -0.390 e. The number of benzene rings is 1. The van der Waals surface area contributed by atoms with Gasteiger partial charge in [-0.3, -0.25) is 9.88 Å². The van der Waals surface area contributed by atoms with Gasteiger partial charge in [0, 0.05) is 37.1 Å². The molecule has 3 atom stereocenters. The molecule has 1 aromatic carbocycles. The zero-order chi connectivity index (χ0) is 15.9. The molecule has 4 rings (SSSR count). The van der Waals surface area contributed by atoms with Crippen LogP contribution in [0.15, 0.2) is 36.5 Å². The lowest BCUT2D eigenvalue weighted by Crippen LogP contribution is -2.44. The van der Waals surface area contributed by atoms with Crippen molar-refractivity contribution in [2.45, 2.75) is 44.8 Å². The highest BCUT2D eigenvalue weighted by Crippen LogP contribution is 2.44. The van der Waals surface area contributed by atoms with E-state index < -0.39 is 5.60 Å². The molecule has 0 radical (unpaired) electrons. The van der Waals surface area contributed by atoms with Gasteiger partial charge in [-0.15, -0.1) is 0 Å². The van der Waals surface area contributed by atoms with E-state index in [9.17, 15) is 5.11 Å². The first-order chi connectivity index (χ1) is 11.2. The number of aromatic nitrogens is 1. The van der Waals surface area contributed by atoms with Gasteiger partial charge in [0.25, 0.3) is 0 Å². The number of hydrogen-bond donors (Lipinski definition) is 1. The van der Waals surface area contributed by atoms with Crippen molar-refractivity contribution in [1.29, 1.82) is 0 Å². The Kier molecular flexibility index (Phi) is 3.86. The lowest BCUT2D eigenvalue weighted by atomic mass is 9.69. The molecule has 1 aliphatic heterocycles. The van der Waals surface area contributed by atoms with Crippen LogP contribution in [0.25, 0.3) is 10.9 Å². The predicted octanol–water partition coefficient (Wildman–Crippen LogP) is 3.61. The van der Waals surface area contributed by atoms with E-state index in [1.54, 1.807) is 0 Å². The second kappa shape index (κ2) is 5.88. The van der Waals surface area contributed by atoms with Gasteiger partial charge in [0.05, 0.1) is 11.1 Å². The first-order valence-corrected chi connectivity index (χ1v) is 8.97. The summed E-state index contributed by atoms with van der Waals surface area (Å²) < 4.78 is 0. The van der Waals surface area contributed by atoms with E-state index in [0.717, 1.165) is 38.0 Å². The number of aliphatic hydroxyl groups is 1. The van der Waals surface area contributed by atoms with Gasteiger partial charge in [-0.25, -0.2) is 0 Å². The maximum Gasteiger partial charge on any atom is 0.0746 e. The van der Waals surface area contributed by atoms with E-state index in [1.807, 2.05) is 12.3 Å². The Balaban J connectivity index is 1.56. The zero-order valence-electron chi connectivity index (χ0n) is 13.9. The summed E-state index contributed by atoms with van der Waals surface area (Å²) in [7, 11) is 0. The highest BCUT2D eigenvalue weighted by molar-refractivity contribution is 5.81. The first-order valence-electron chi connectivity index (χ1n) is 8.97. The van der Waals surface area contributed by atoms with Crippen molar-refractivity contribution in [1.82, 2.24) is 9.88 Å². The average Bonchev–Trinajstić information content (AvgIpc) is 3.00. The fraction of sp³-hybridized carbons (Fsp3) is 0.550. The highest BCUT2D eigenvalue weighted by Gasteiger charge is 2.47. The van der Waals surface area contributed by atoms with Gasteiger partial charge in [-0.05, 0) is 36.8 Å². The van der Waals surface area contributed by atoms with Crippen LogP contribution in [-0.2, 0) is 6.54 Å². The van der Waals surface area contributed by atoms with Crippen LogP contribution in [0.1, 0.15) is 38.2 Å². The van der Waals surface area contributed by atoms with Gasteiger partial charge in [0.1, 0.15) is 0 Å². The van der Waals surface area contributed by atoms with Crippen LogP contribution >= 0.6 is 0 Å². The Labute approximate surface area is 138 Å². The molecule has 1 aromatic heterocycles. The molecular formula is C20H26N2O. The van der Waals surface area contributed by atoms with Gasteiger partial charge in [-0.2, -0.15) is 0 Å². The molecule has 2 heterocycles. The molecule has 0 spiro atoms. The smallest absolute Gasteiger partial charge is 0.0746 e. The van der Waals surface area contributed by atoms with E-state index >= 15 is 0 Å². The summed E-state index contributed by atoms with van der Waals surface area (Å²) in [6, 6.07) is 10.6. The zero-order valence-corrected chi connectivity index (χ0v) is 13.9. The summed E-state index contributed by atoms with van der Waals surface area (Å²) in [6.45, 7) is 5.23. The van der Waals surface area contributed by atoms with Gasteiger partial charge >= 0.3 is 0 Å². The molecule has 1 aliphatic carbocycles. The third kappa shape index (κ3) is 2.66. The summed E-state index contributed by atoms with van der Waals surface area (Å²) in [4.78, 5) is 7.12. The van der Waals surface area contributed by atoms with Crippen molar-refractivity contribution in [3.8, 4) is 0 Å². The van der Waals surface area contributed by atoms with Crippen LogP contribution in [0.4, 0.5) is 0 Å². The molecule has 0 bridgehead atoms. The summed E-state index contributed by atoms with van der Waals surface area (Å²) in [5.74, 6) is 1.11. The van der Waals surface area contributed by atoms with Gasteiger partial charge in [-0.1, -0.05) is 37.6 Å². The standard InChI is InChI=1S/C20H26N2O/c1-2-20(23)10-4-8-16-12-22(14-18(16)20)13-17-7-3-6-15-9-5-11-21-19(15)17/h3,5-7,9,11,16,18,23H,2,4,8,10,12-14H2,1H3/t16-,18+,20-/m0/s1. The average molecular weight is 310 g/mol. The number of fused-ring (bicyclic) bond motifs is 2. The lowest BCUT2D eigenvalue weighted by Gasteiger charge is -2.40. The SMILES string of the molecule is CC[C@]1(O)CCC[C@H]2CN(Cc3cccc4cccnc34)C[C@H]21. The maximum absolute atomic E-state index is 11.0. The molecule has 1 saturated heterocycles. The molecule has 1 N–H and O–H groups in total. The Hall–Kier alpha value is -1.45. The van der Waals surface area contributed by atoms with Crippen LogP contribution in [0.3, 0.4) is 0 Å². The van der Waals surface area contributed by atoms with E-state index in [2.05, 4.69) is 41.1 Å². The summed E-state index contributed by atoms with van der Waals surface area (Å²) >= 11 is 0. The molecule has 0 amide bonds. The van der Waals surface area contributed by atoms with Crippen molar-refractivity contribution in [3.63, 3.8) is 0 Å². The highest BCUT2D eigenvalue weighted by atomic mass is 16.3. The second-order valence-corrected chi connectivity index (χ2v) is 7.40. The Morgan fingerprint density at radius 2 is 2.13 bits per heavy atom. The normalized spacial score (nSPS) is 31.4. The first kappa shape index (κ1) is 15.1. The largest absolute Gasteiger partial charge is 0.390 e. The fourth-order valence-corrected chi connectivity index (χ4v) is 4.82. The minimum atomic E-state index is -0.436. The van der Waals surface area contributed by atoms with Crippen LogP contribution in [0, 0.1) is 11.8 Å². The van der Waals surface area contributed by atoms with Crippen LogP contribution < -0.4 is 0 Å². The molecule has 3 heteroatoms. The van der Waals surface area contributed by atoms with E-state index in [-0.39, 0.29) is 0 Å². The Morgan fingerprint density at radius 3 is 3.00 bits per heavy atom. The molecule has 2 aromatic rings. The Morgan fingerprint density at radius 1 is 1.26 bits per heavy atom. The molecule has 2 aliphatic rings. The molecular weight excluding hydrogens is 284 g/mol. The molecule has 0 unspecified atom stereocenters. The van der Waals surface area contributed by atoms with E-state index in [4.69, 9.17) is 0 Å². The molecule has 23 heavy (non-hydrogen) atoms. The van der Waals surface area contributed by atoms with Crippen molar-refractivity contribution in [2.75, 3.05) is 13.1 Å². The Bertz CT molecular complexity index is 696. The van der Waals surface area contributed by atoms with Crippen molar-refractivity contribution >= 4 is 10.9 Å². The van der Waals surface area contributed by atoms with E-state index in [1.165, 1.54) is 23.8 Å². The van der Waals surface area contributed by atoms with Gasteiger partial charge in [0.2, 0.25) is 0 Å².